The van der Waals surface area contributed by atoms with Crippen molar-refractivity contribution in [1.82, 2.24) is 4.90 Å². The first-order valence-corrected chi connectivity index (χ1v) is 10.7. The Labute approximate surface area is 178 Å². The SMILES string of the molecule is COC(=O)N1CCN(c2ccc(OC)c(OC3CCC3)c2)CC1Cc1ccccc1. The monoisotopic (exact) mass is 410 g/mol. The van der Waals surface area contributed by atoms with E-state index in [0.29, 0.717) is 6.54 Å². The molecule has 6 heteroatoms. The Balaban J connectivity index is 1.54. The predicted octanol–water partition coefficient (Wildman–Crippen LogP) is 4.13. The summed E-state index contributed by atoms with van der Waals surface area (Å²) in [7, 11) is 3.12. The number of benzene rings is 2. The lowest BCUT2D eigenvalue weighted by molar-refractivity contribution is 0.0991. The average Bonchev–Trinajstić information content (AvgIpc) is 2.76. The summed E-state index contributed by atoms with van der Waals surface area (Å²) in [6.07, 6.45) is 4.24. The van der Waals surface area contributed by atoms with Crippen LogP contribution in [0.15, 0.2) is 48.5 Å². The summed E-state index contributed by atoms with van der Waals surface area (Å²) in [6, 6.07) is 16.4. The van der Waals surface area contributed by atoms with Crippen LogP contribution in [0.4, 0.5) is 10.5 Å². The van der Waals surface area contributed by atoms with Gasteiger partial charge in [-0.3, -0.25) is 0 Å². The van der Waals surface area contributed by atoms with Crippen molar-refractivity contribution in [3.8, 4) is 11.5 Å². The highest BCUT2D eigenvalue weighted by Gasteiger charge is 2.32. The van der Waals surface area contributed by atoms with Crippen LogP contribution in [0.25, 0.3) is 0 Å². The van der Waals surface area contributed by atoms with Crippen molar-refractivity contribution in [2.24, 2.45) is 0 Å². The van der Waals surface area contributed by atoms with Crippen molar-refractivity contribution in [2.45, 2.75) is 37.8 Å². The molecule has 1 amide bonds. The van der Waals surface area contributed by atoms with Crippen LogP contribution in [0.2, 0.25) is 0 Å². The molecule has 1 aliphatic heterocycles. The van der Waals surface area contributed by atoms with E-state index in [-0.39, 0.29) is 18.2 Å². The van der Waals surface area contributed by atoms with E-state index in [4.69, 9.17) is 14.2 Å². The number of carbonyl (C=O) groups is 1. The van der Waals surface area contributed by atoms with Crippen molar-refractivity contribution in [3.63, 3.8) is 0 Å². The molecule has 1 heterocycles. The summed E-state index contributed by atoms with van der Waals surface area (Å²) in [5.41, 5.74) is 2.30. The minimum Gasteiger partial charge on any atom is -0.493 e. The largest absolute Gasteiger partial charge is 0.493 e. The van der Waals surface area contributed by atoms with E-state index in [1.165, 1.54) is 19.1 Å². The molecule has 1 atom stereocenters. The van der Waals surface area contributed by atoms with Gasteiger partial charge in [0.2, 0.25) is 0 Å². The van der Waals surface area contributed by atoms with Crippen molar-refractivity contribution in [3.05, 3.63) is 54.1 Å². The third kappa shape index (κ3) is 4.48. The fourth-order valence-electron chi connectivity index (χ4n) is 4.13. The standard InChI is InChI=1S/C24H30N2O4/c1-28-22-12-11-19(16-23(22)30-21-9-6-10-21)25-13-14-26(24(27)29-2)20(17-25)15-18-7-4-3-5-8-18/h3-5,7-8,11-12,16,20-21H,6,9-10,13-15,17H2,1-2H3. The highest BCUT2D eigenvalue weighted by atomic mass is 16.5. The van der Waals surface area contributed by atoms with Gasteiger partial charge in [0.1, 0.15) is 0 Å². The lowest BCUT2D eigenvalue weighted by atomic mass is 9.96. The first-order chi connectivity index (χ1) is 14.7. The van der Waals surface area contributed by atoms with E-state index in [2.05, 4.69) is 29.2 Å². The number of ether oxygens (including phenoxy) is 3. The molecule has 2 aliphatic rings. The summed E-state index contributed by atoms with van der Waals surface area (Å²) < 4.78 is 16.7. The van der Waals surface area contributed by atoms with Crippen LogP contribution in [0, 0.1) is 0 Å². The second kappa shape index (κ2) is 9.28. The summed E-state index contributed by atoms with van der Waals surface area (Å²) in [5, 5.41) is 0. The quantitative estimate of drug-likeness (QED) is 0.717. The molecule has 2 aromatic rings. The molecule has 160 valence electrons. The fraction of sp³-hybridized carbons (Fsp3) is 0.458. The van der Waals surface area contributed by atoms with Crippen LogP contribution in [-0.2, 0) is 11.2 Å². The zero-order chi connectivity index (χ0) is 20.9. The van der Waals surface area contributed by atoms with Gasteiger partial charge < -0.3 is 24.0 Å². The molecular formula is C24H30N2O4. The van der Waals surface area contributed by atoms with Gasteiger partial charge in [0.25, 0.3) is 0 Å². The van der Waals surface area contributed by atoms with Crippen molar-refractivity contribution in [2.75, 3.05) is 38.8 Å². The van der Waals surface area contributed by atoms with Gasteiger partial charge in [0, 0.05) is 31.4 Å². The molecule has 1 unspecified atom stereocenters. The summed E-state index contributed by atoms with van der Waals surface area (Å²) in [5.74, 6) is 1.56. The van der Waals surface area contributed by atoms with Crippen molar-refractivity contribution >= 4 is 11.8 Å². The molecule has 30 heavy (non-hydrogen) atoms. The smallest absolute Gasteiger partial charge is 0.409 e. The third-order valence-corrected chi connectivity index (χ3v) is 6.06. The van der Waals surface area contributed by atoms with Gasteiger partial charge in [-0.1, -0.05) is 30.3 Å². The van der Waals surface area contributed by atoms with Gasteiger partial charge in [0.15, 0.2) is 11.5 Å². The minimum atomic E-state index is -0.265. The van der Waals surface area contributed by atoms with Gasteiger partial charge in [-0.05, 0) is 43.4 Å². The maximum Gasteiger partial charge on any atom is 0.409 e. The summed E-state index contributed by atoms with van der Waals surface area (Å²) in [4.78, 5) is 16.5. The molecule has 0 radical (unpaired) electrons. The van der Waals surface area contributed by atoms with Gasteiger partial charge in [-0.2, -0.15) is 0 Å². The topological polar surface area (TPSA) is 51.2 Å². The van der Waals surface area contributed by atoms with Crippen LogP contribution in [-0.4, -0.2) is 57.0 Å². The molecule has 4 rings (SSSR count). The average molecular weight is 411 g/mol. The number of hydrogen-bond acceptors (Lipinski definition) is 5. The molecule has 1 aliphatic carbocycles. The number of amides is 1. The van der Waals surface area contributed by atoms with E-state index in [1.807, 2.05) is 29.2 Å². The molecule has 0 N–H and O–H groups in total. The summed E-state index contributed by atoms with van der Waals surface area (Å²) in [6.45, 7) is 2.10. The van der Waals surface area contributed by atoms with E-state index in [0.717, 1.165) is 49.5 Å². The van der Waals surface area contributed by atoms with Crippen LogP contribution >= 0.6 is 0 Å². The van der Waals surface area contributed by atoms with Gasteiger partial charge in [0.05, 0.1) is 26.4 Å². The number of carbonyl (C=O) groups excluding carboxylic acids is 1. The van der Waals surface area contributed by atoms with E-state index >= 15 is 0 Å². The van der Waals surface area contributed by atoms with Crippen molar-refractivity contribution < 1.29 is 19.0 Å². The fourth-order valence-corrected chi connectivity index (χ4v) is 4.13. The number of rotatable bonds is 6. The highest BCUT2D eigenvalue weighted by molar-refractivity contribution is 5.69. The van der Waals surface area contributed by atoms with Gasteiger partial charge in [-0.15, -0.1) is 0 Å². The zero-order valence-electron chi connectivity index (χ0n) is 17.8. The van der Waals surface area contributed by atoms with Gasteiger partial charge >= 0.3 is 6.09 Å². The van der Waals surface area contributed by atoms with Crippen LogP contribution < -0.4 is 14.4 Å². The van der Waals surface area contributed by atoms with Gasteiger partial charge in [-0.25, -0.2) is 4.79 Å². The normalized spacial score (nSPS) is 19.2. The number of nitrogens with zero attached hydrogens (tertiary/aromatic N) is 2. The Hall–Kier alpha value is -2.89. The second-order valence-electron chi connectivity index (χ2n) is 7.96. The number of methoxy groups -OCH3 is 2. The third-order valence-electron chi connectivity index (χ3n) is 6.06. The maximum atomic E-state index is 12.4. The molecule has 2 fully saturated rings. The maximum absolute atomic E-state index is 12.4. The molecule has 1 saturated heterocycles. The molecule has 0 aromatic heterocycles. The summed E-state index contributed by atoms with van der Waals surface area (Å²) >= 11 is 0. The number of piperazine rings is 1. The molecule has 2 aromatic carbocycles. The van der Waals surface area contributed by atoms with Crippen LogP contribution in [0.1, 0.15) is 24.8 Å². The van der Waals surface area contributed by atoms with E-state index in [1.54, 1.807) is 7.11 Å². The number of hydrogen-bond donors (Lipinski definition) is 0. The first kappa shape index (κ1) is 20.4. The van der Waals surface area contributed by atoms with Crippen LogP contribution in [0.3, 0.4) is 0 Å². The lowest BCUT2D eigenvalue weighted by Crippen LogP contribution is -2.56. The molecule has 6 nitrogen and oxygen atoms in total. The second-order valence-corrected chi connectivity index (χ2v) is 7.96. The van der Waals surface area contributed by atoms with E-state index < -0.39 is 0 Å². The van der Waals surface area contributed by atoms with Crippen molar-refractivity contribution in [1.29, 1.82) is 0 Å². The van der Waals surface area contributed by atoms with E-state index in [9.17, 15) is 4.79 Å². The Kier molecular flexibility index (Phi) is 6.31. The highest BCUT2D eigenvalue weighted by Crippen LogP contribution is 2.36. The Bertz CT molecular complexity index is 854. The minimum absolute atomic E-state index is 0.0340. The Morgan fingerprint density at radius 1 is 1.03 bits per heavy atom. The molecule has 0 spiro atoms. The Morgan fingerprint density at radius 2 is 1.83 bits per heavy atom. The zero-order valence-corrected chi connectivity index (χ0v) is 17.8. The first-order valence-electron chi connectivity index (χ1n) is 10.7. The molecular weight excluding hydrogens is 380 g/mol. The van der Waals surface area contributed by atoms with Crippen LogP contribution in [0.5, 0.6) is 11.5 Å². The number of anilines is 1. The Morgan fingerprint density at radius 3 is 2.50 bits per heavy atom. The lowest BCUT2D eigenvalue weighted by Gasteiger charge is -2.42. The predicted molar refractivity (Wildman–Crippen MR) is 117 cm³/mol. The molecule has 0 bridgehead atoms. The molecule has 1 saturated carbocycles.